The summed E-state index contributed by atoms with van der Waals surface area (Å²) in [4.78, 5) is 7.90. The van der Waals surface area contributed by atoms with Crippen molar-refractivity contribution in [2.75, 3.05) is 13.7 Å². The molecule has 1 heterocycles. The van der Waals surface area contributed by atoms with Gasteiger partial charge in [-0.3, -0.25) is 4.90 Å². The van der Waals surface area contributed by atoms with Gasteiger partial charge < -0.3 is 9.30 Å². The lowest BCUT2D eigenvalue weighted by Gasteiger charge is -2.24. The zero-order valence-corrected chi connectivity index (χ0v) is 22.7. The van der Waals surface area contributed by atoms with Crippen LogP contribution in [0.1, 0.15) is 57.2 Å². The fourth-order valence-corrected chi connectivity index (χ4v) is 4.84. The minimum Gasteiger partial charge on any atom is -0.497 e. The van der Waals surface area contributed by atoms with Gasteiger partial charge in [0.05, 0.1) is 18.5 Å². The van der Waals surface area contributed by atoms with Gasteiger partial charge in [-0.2, -0.15) is 0 Å². The summed E-state index contributed by atoms with van der Waals surface area (Å²) in [7, 11) is 1.72. The van der Waals surface area contributed by atoms with E-state index in [2.05, 4.69) is 108 Å². The highest BCUT2D eigenvalue weighted by Gasteiger charge is 2.21. The van der Waals surface area contributed by atoms with Crippen LogP contribution in [-0.4, -0.2) is 28.1 Å². The fraction of sp³-hybridized carbons (Fsp3) is 0.364. The minimum absolute atomic E-state index is 0.863. The highest BCUT2D eigenvalue weighted by atomic mass is 16.5. The van der Waals surface area contributed by atoms with Crippen molar-refractivity contribution in [1.82, 2.24) is 14.5 Å². The number of aromatic nitrogens is 2. The number of benzene rings is 3. The Labute approximate surface area is 222 Å². The lowest BCUT2D eigenvalue weighted by molar-refractivity contribution is 0.246. The normalized spacial score (nSPS) is 11.2. The third-order valence-corrected chi connectivity index (χ3v) is 6.90. The number of unbranched alkanes of at least 4 members (excludes halogenated alkanes) is 3. The maximum atomic E-state index is 5.38. The van der Waals surface area contributed by atoms with Gasteiger partial charge >= 0.3 is 0 Å². The van der Waals surface area contributed by atoms with Crippen LogP contribution in [0.4, 0.5) is 0 Å². The first-order valence-electron chi connectivity index (χ1n) is 13.8. The van der Waals surface area contributed by atoms with E-state index < -0.39 is 0 Å². The molecule has 4 aromatic rings. The summed E-state index contributed by atoms with van der Waals surface area (Å²) in [5, 5.41) is 0. The molecule has 0 fully saturated rings. The van der Waals surface area contributed by atoms with Crippen LogP contribution in [0.25, 0.3) is 22.6 Å². The second-order valence-electron chi connectivity index (χ2n) is 9.73. The molecule has 0 saturated carbocycles. The van der Waals surface area contributed by atoms with Crippen molar-refractivity contribution in [1.29, 1.82) is 0 Å². The Morgan fingerprint density at radius 3 is 2.00 bits per heavy atom. The SMILES string of the molecule is CCCCCn1c(-c2ccccc2)nc(-c2ccccc2)c1CN(CCCC)Cc1ccc(OC)cc1. The Morgan fingerprint density at radius 1 is 0.730 bits per heavy atom. The van der Waals surface area contributed by atoms with Gasteiger partial charge in [0.2, 0.25) is 0 Å². The Bertz CT molecular complexity index is 1200. The number of ether oxygens (including phenoxy) is 1. The van der Waals surface area contributed by atoms with E-state index in [0.29, 0.717) is 0 Å². The Balaban J connectivity index is 1.76. The van der Waals surface area contributed by atoms with Crippen LogP contribution in [0.3, 0.4) is 0 Å². The van der Waals surface area contributed by atoms with E-state index in [9.17, 15) is 0 Å². The van der Waals surface area contributed by atoms with Crippen molar-refractivity contribution < 1.29 is 4.74 Å². The molecule has 0 aliphatic rings. The second-order valence-corrected chi connectivity index (χ2v) is 9.73. The molecule has 0 bridgehead atoms. The molecule has 0 radical (unpaired) electrons. The average Bonchev–Trinajstić information content (AvgIpc) is 3.31. The van der Waals surface area contributed by atoms with Crippen LogP contribution >= 0.6 is 0 Å². The Hall–Kier alpha value is -3.37. The van der Waals surface area contributed by atoms with Gasteiger partial charge in [-0.25, -0.2) is 4.98 Å². The van der Waals surface area contributed by atoms with Crippen molar-refractivity contribution in [3.05, 3.63) is 96.2 Å². The molecule has 0 aliphatic carbocycles. The van der Waals surface area contributed by atoms with E-state index in [1.165, 1.54) is 48.1 Å². The predicted molar refractivity (Wildman–Crippen MR) is 155 cm³/mol. The topological polar surface area (TPSA) is 30.3 Å². The summed E-state index contributed by atoms with van der Waals surface area (Å²) in [6.07, 6.45) is 5.93. The van der Waals surface area contributed by atoms with Crippen molar-refractivity contribution in [3.63, 3.8) is 0 Å². The molecule has 0 saturated heterocycles. The van der Waals surface area contributed by atoms with Crippen LogP contribution in [0.2, 0.25) is 0 Å². The number of imidazole rings is 1. The fourth-order valence-electron chi connectivity index (χ4n) is 4.84. The number of hydrogen-bond donors (Lipinski definition) is 0. The van der Waals surface area contributed by atoms with Crippen molar-refractivity contribution in [2.24, 2.45) is 0 Å². The molecule has 37 heavy (non-hydrogen) atoms. The van der Waals surface area contributed by atoms with Gasteiger partial charge in [-0.1, -0.05) is 106 Å². The summed E-state index contributed by atoms with van der Waals surface area (Å²) >= 11 is 0. The summed E-state index contributed by atoms with van der Waals surface area (Å²) in [5.41, 5.74) is 6.08. The third kappa shape index (κ3) is 7.11. The quantitative estimate of drug-likeness (QED) is 0.165. The molecule has 1 aromatic heterocycles. The maximum absolute atomic E-state index is 5.38. The Kier molecular flexibility index (Phi) is 9.96. The van der Waals surface area contributed by atoms with E-state index >= 15 is 0 Å². The van der Waals surface area contributed by atoms with Gasteiger partial charge in [-0.15, -0.1) is 0 Å². The van der Waals surface area contributed by atoms with Crippen LogP contribution < -0.4 is 4.74 Å². The molecule has 4 nitrogen and oxygen atoms in total. The Morgan fingerprint density at radius 2 is 1.38 bits per heavy atom. The summed E-state index contributed by atoms with van der Waals surface area (Å²) < 4.78 is 7.88. The predicted octanol–water partition coefficient (Wildman–Crippen LogP) is 8.22. The van der Waals surface area contributed by atoms with Crippen molar-refractivity contribution in [3.8, 4) is 28.4 Å². The first-order chi connectivity index (χ1) is 18.2. The molecule has 0 unspecified atom stereocenters. The molecule has 0 aliphatic heterocycles. The van der Waals surface area contributed by atoms with Crippen LogP contribution in [-0.2, 0) is 19.6 Å². The molecule has 3 aromatic carbocycles. The first kappa shape index (κ1) is 26.7. The molecule has 4 heteroatoms. The smallest absolute Gasteiger partial charge is 0.140 e. The summed E-state index contributed by atoms with van der Waals surface area (Å²) in [6, 6.07) is 29.8. The number of methoxy groups -OCH3 is 1. The molecular formula is C33H41N3O. The minimum atomic E-state index is 0.863. The largest absolute Gasteiger partial charge is 0.497 e. The van der Waals surface area contributed by atoms with Crippen molar-refractivity contribution in [2.45, 2.75) is 65.6 Å². The zero-order valence-electron chi connectivity index (χ0n) is 22.7. The monoisotopic (exact) mass is 495 g/mol. The van der Waals surface area contributed by atoms with Gasteiger partial charge in [0.25, 0.3) is 0 Å². The van der Waals surface area contributed by atoms with Crippen LogP contribution in [0.5, 0.6) is 5.75 Å². The highest BCUT2D eigenvalue weighted by molar-refractivity contribution is 5.68. The second kappa shape index (κ2) is 13.8. The van der Waals surface area contributed by atoms with Crippen LogP contribution in [0.15, 0.2) is 84.9 Å². The molecule has 194 valence electrons. The third-order valence-electron chi connectivity index (χ3n) is 6.90. The average molecular weight is 496 g/mol. The summed E-state index contributed by atoms with van der Waals surface area (Å²) in [5.74, 6) is 1.97. The number of rotatable bonds is 14. The van der Waals surface area contributed by atoms with Gasteiger partial charge in [-0.05, 0) is 37.1 Å². The van der Waals surface area contributed by atoms with E-state index in [-0.39, 0.29) is 0 Å². The standard InChI is InChI=1S/C33H41N3O/c1-4-6-14-24-36-31(26-35(23-7-5-2)25-27-19-21-30(37-3)22-20-27)32(28-15-10-8-11-16-28)34-33(36)29-17-12-9-13-18-29/h8-13,15-22H,4-7,14,23-26H2,1-3H3. The van der Waals surface area contributed by atoms with Crippen molar-refractivity contribution >= 4 is 0 Å². The molecular weight excluding hydrogens is 454 g/mol. The first-order valence-corrected chi connectivity index (χ1v) is 13.8. The van der Waals surface area contributed by atoms with Gasteiger partial charge in [0.15, 0.2) is 0 Å². The van der Waals surface area contributed by atoms with E-state index in [1.54, 1.807) is 7.11 Å². The van der Waals surface area contributed by atoms with Gasteiger partial charge in [0, 0.05) is 30.8 Å². The molecule has 0 spiro atoms. The summed E-state index contributed by atoms with van der Waals surface area (Å²) in [6.45, 7) is 8.34. The van der Waals surface area contributed by atoms with E-state index in [4.69, 9.17) is 9.72 Å². The van der Waals surface area contributed by atoms with E-state index in [1.807, 2.05) is 0 Å². The van der Waals surface area contributed by atoms with Crippen LogP contribution in [0, 0.1) is 0 Å². The maximum Gasteiger partial charge on any atom is 0.140 e. The number of nitrogens with zero attached hydrogens (tertiary/aromatic N) is 3. The lowest BCUT2D eigenvalue weighted by atomic mass is 10.1. The molecule has 4 rings (SSSR count). The highest BCUT2D eigenvalue weighted by Crippen LogP contribution is 2.31. The van der Waals surface area contributed by atoms with Gasteiger partial charge in [0.1, 0.15) is 11.6 Å². The number of hydrogen-bond acceptors (Lipinski definition) is 3. The lowest BCUT2D eigenvalue weighted by Crippen LogP contribution is -2.26. The molecule has 0 amide bonds. The van der Waals surface area contributed by atoms with E-state index in [0.717, 1.165) is 49.9 Å². The molecule has 0 N–H and O–H groups in total. The molecule has 0 atom stereocenters. The zero-order chi connectivity index (χ0) is 25.9.